The molecule has 1 heterocycles. The van der Waals surface area contributed by atoms with Gasteiger partial charge in [-0.1, -0.05) is 24.6 Å². The fraction of sp³-hybridized carbons (Fsp3) is 0.214. The van der Waals surface area contributed by atoms with Gasteiger partial charge in [0.1, 0.15) is 0 Å². The normalized spacial score (nSPS) is 10.4. The molecule has 0 spiro atoms. The largest absolute Gasteiger partial charge is 0.477 e. The molecule has 7 heteroatoms. The molecule has 0 aliphatic carbocycles. The molecule has 0 unspecified atom stereocenters. The molecule has 0 saturated carbocycles. The zero-order valence-electron chi connectivity index (χ0n) is 11.2. The minimum Gasteiger partial charge on any atom is -0.477 e. The number of ether oxygens (including phenoxy) is 1. The van der Waals surface area contributed by atoms with Crippen LogP contribution >= 0.6 is 22.9 Å². The van der Waals surface area contributed by atoms with Crippen molar-refractivity contribution in [3.05, 3.63) is 55.2 Å². The highest BCUT2D eigenvalue weighted by Crippen LogP contribution is 2.34. The molecule has 110 valence electrons. The number of Topliss-reactive ketones (excluding diaryl/α,β-unsaturated/α-hetero) is 1. The summed E-state index contributed by atoms with van der Waals surface area (Å²) in [5.74, 6) is -0.307. The Morgan fingerprint density at radius 1 is 1.38 bits per heavy atom. The molecule has 5 nitrogen and oxygen atoms in total. The summed E-state index contributed by atoms with van der Waals surface area (Å²) in [6.45, 7) is 1.72. The first-order valence-electron chi connectivity index (χ1n) is 6.20. The van der Waals surface area contributed by atoms with Gasteiger partial charge in [-0.2, -0.15) is 0 Å². The summed E-state index contributed by atoms with van der Waals surface area (Å²) in [7, 11) is 0. The van der Waals surface area contributed by atoms with Crippen LogP contribution in [-0.2, 0) is 6.42 Å². The lowest BCUT2D eigenvalue weighted by Gasteiger charge is -2.07. The Labute approximate surface area is 130 Å². The molecule has 2 aromatic rings. The van der Waals surface area contributed by atoms with Gasteiger partial charge < -0.3 is 4.74 Å². The minimum atomic E-state index is -0.591. The number of para-hydroxylation sites is 1. The standard InChI is InChI=1S/C14H12ClNO4S/c1-2-9-6-7-13(21-9)12(17)8-20-14-10(15)4-3-5-11(14)16(18)19/h3-7H,2,8H2,1H3. The maximum Gasteiger partial charge on any atom is 0.312 e. The van der Waals surface area contributed by atoms with Gasteiger partial charge in [-0.25, -0.2) is 0 Å². The lowest BCUT2D eigenvalue weighted by Crippen LogP contribution is -2.11. The highest BCUT2D eigenvalue weighted by molar-refractivity contribution is 7.14. The number of nitro groups is 1. The van der Waals surface area contributed by atoms with Gasteiger partial charge >= 0.3 is 5.69 Å². The average molecular weight is 326 g/mol. The molecule has 0 N–H and O–H groups in total. The van der Waals surface area contributed by atoms with E-state index in [9.17, 15) is 14.9 Å². The highest BCUT2D eigenvalue weighted by atomic mass is 35.5. The first kappa shape index (κ1) is 15.5. The number of carbonyl (C=O) groups excluding carboxylic acids is 1. The first-order valence-corrected chi connectivity index (χ1v) is 7.40. The zero-order valence-corrected chi connectivity index (χ0v) is 12.7. The third-order valence-electron chi connectivity index (χ3n) is 2.78. The smallest absolute Gasteiger partial charge is 0.312 e. The summed E-state index contributed by atoms with van der Waals surface area (Å²) in [5.41, 5.74) is -0.254. The van der Waals surface area contributed by atoms with Crippen LogP contribution in [0.25, 0.3) is 0 Å². The Bertz CT molecular complexity index is 683. The van der Waals surface area contributed by atoms with Gasteiger partial charge in [-0.15, -0.1) is 11.3 Å². The van der Waals surface area contributed by atoms with Crippen molar-refractivity contribution in [2.75, 3.05) is 6.61 Å². The van der Waals surface area contributed by atoms with Crippen LogP contribution in [0.1, 0.15) is 21.5 Å². The molecular weight excluding hydrogens is 314 g/mol. The number of nitrogens with zero attached hydrogens (tertiary/aromatic N) is 1. The molecule has 1 aromatic heterocycles. The molecule has 0 fully saturated rings. The van der Waals surface area contributed by atoms with Crippen molar-refractivity contribution in [3.8, 4) is 5.75 Å². The van der Waals surface area contributed by atoms with Gasteiger partial charge in [-0.3, -0.25) is 14.9 Å². The number of ketones is 1. The van der Waals surface area contributed by atoms with Crippen LogP contribution < -0.4 is 4.74 Å². The molecule has 0 amide bonds. The van der Waals surface area contributed by atoms with E-state index in [4.69, 9.17) is 16.3 Å². The van der Waals surface area contributed by atoms with Crippen LogP contribution in [0.15, 0.2) is 30.3 Å². The summed E-state index contributed by atoms with van der Waals surface area (Å²) in [5, 5.41) is 11.0. The van der Waals surface area contributed by atoms with Crippen molar-refractivity contribution in [2.24, 2.45) is 0 Å². The Kier molecular flexibility index (Phi) is 4.93. The number of benzene rings is 1. The molecule has 0 aliphatic rings. The van der Waals surface area contributed by atoms with Crippen LogP contribution in [0, 0.1) is 10.1 Å². The average Bonchev–Trinajstić information content (AvgIpc) is 2.94. The van der Waals surface area contributed by atoms with Crippen molar-refractivity contribution in [2.45, 2.75) is 13.3 Å². The van der Waals surface area contributed by atoms with Gasteiger partial charge in [0, 0.05) is 10.9 Å². The monoisotopic (exact) mass is 325 g/mol. The second-order valence-corrected chi connectivity index (χ2v) is 5.75. The maximum absolute atomic E-state index is 12.0. The number of aryl methyl sites for hydroxylation is 1. The van der Waals surface area contributed by atoms with E-state index in [1.807, 2.05) is 13.0 Å². The van der Waals surface area contributed by atoms with Gasteiger partial charge in [0.15, 0.2) is 6.61 Å². The topological polar surface area (TPSA) is 69.4 Å². The lowest BCUT2D eigenvalue weighted by molar-refractivity contribution is -0.385. The molecule has 0 aliphatic heterocycles. The van der Waals surface area contributed by atoms with Gasteiger partial charge in [0.05, 0.1) is 14.8 Å². The van der Waals surface area contributed by atoms with Crippen LogP contribution in [0.5, 0.6) is 5.75 Å². The Balaban J connectivity index is 2.13. The summed E-state index contributed by atoms with van der Waals surface area (Å²) in [6, 6.07) is 7.84. The predicted molar refractivity (Wildman–Crippen MR) is 81.6 cm³/mol. The van der Waals surface area contributed by atoms with E-state index >= 15 is 0 Å². The van der Waals surface area contributed by atoms with Crippen molar-refractivity contribution in [1.82, 2.24) is 0 Å². The molecule has 21 heavy (non-hydrogen) atoms. The Hall–Kier alpha value is -1.92. The van der Waals surface area contributed by atoms with E-state index < -0.39 is 4.92 Å². The Morgan fingerprint density at radius 2 is 2.14 bits per heavy atom. The van der Waals surface area contributed by atoms with Gasteiger partial charge in [0.2, 0.25) is 11.5 Å². The molecule has 1 aromatic carbocycles. The molecule has 0 saturated heterocycles. The predicted octanol–water partition coefficient (Wildman–Crippen LogP) is 4.13. The highest BCUT2D eigenvalue weighted by Gasteiger charge is 2.20. The fourth-order valence-electron chi connectivity index (χ4n) is 1.71. The van der Waals surface area contributed by atoms with E-state index in [2.05, 4.69) is 0 Å². The first-order chi connectivity index (χ1) is 10.0. The molecule has 0 bridgehead atoms. The van der Waals surface area contributed by atoms with Gasteiger partial charge in [-0.05, 0) is 24.6 Å². The number of hydrogen-bond acceptors (Lipinski definition) is 5. The Morgan fingerprint density at radius 3 is 2.76 bits per heavy atom. The van der Waals surface area contributed by atoms with Crippen LogP contribution in [-0.4, -0.2) is 17.3 Å². The molecule has 0 radical (unpaired) electrons. The van der Waals surface area contributed by atoms with Gasteiger partial charge in [0.25, 0.3) is 0 Å². The molecular formula is C14H12ClNO4S. The van der Waals surface area contributed by atoms with E-state index in [0.29, 0.717) is 4.88 Å². The van der Waals surface area contributed by atoms with E-state index in [0.717, 1.165) is 11.3 Å². The molecule has 2 rings (SSSR count). The summed E-state index contributed by atoms with van der Waals surface area (Å²) in [4.78, 5) is 24.0. The van der Waals surface area contributed by atoms with E-state index in [-0.39, 0.29) is 28.8 Å². The number of carbonyl (C=O) groups is 1. The SMILES string of the molecule is CCc1ccc(C(=O)COc2c(Cl)cccc2[N+](=O)[O-])s1. The van der Waals surface area contributed by atoms with Crippen molar-refractivity contribution >= 4 is 34.4 Å². The fourth-order valence-corrected chi connectivity index (χ4v) is 2.81. The van der Waals surface area contributed by atoms with Crippen molar-refractivity contribution in [3.63, 3.8) is 0 Å². The number of halogens is 1. The van der Waals surface area contributed by atoms with Crippen LogP contribution in [0.2, 0.25) is 5.02 Å². The third kappa shape index (κ3) is 3.59. The van der Waals surface area contributed by atoms with Crippen LogP contribution in [0.4, 0.5) is 5.69 Å². The number of hydrogen-bond donors (Lipinski definition) is 0. The van der Waals surface area contributed by atoms with Crippen molar-refractivity contribution in [1.29, 1.82) is 0 Å². The lowest BCUT2D eigenvalue weighted by atomic mass is 10.3. The summed E-state index contributed by atoms with van der Waals surface area (Å²) >= 11 is 7.29. The van der Waals surface area contributed by atoms with E-state index in [1.54, 1.807) is 6.07 Å². The zero-order chi connectivity index (χ0) is 15.4. The summed E-state index contributed by atoms with van der Waals surface area (Å²) < 4.78 is 5.27. The number of nitro benzene ring substituents is 1. The second-order valence-electron chi connectivity index (χ2n) is 4.18. The second kappa shape index (κ2) is 6.69. The molecule has 0 atom stereocenters. The van der Waals surface area contributed by atoms with Crippen molar-refractivity contribution < 1.29 is 14.5 Å². The number of rotatable bonds is 6. The van der Waals surface area contributed by atoms with E-state index in [1.165, 1.54) is 29.5 Å². The number of thiophene rings is 1. The maximum atomic E-state index is 12.0. The van der Waals surface area contributed by atoms with Crippen LogP contribution in [0.3, 0.4) is 0 Å². The third-order valence-corrected chi connectivity index (χ3v) is 4.34. The quantitative estimate of drug-likeness (QED) is 0.455. The summed E-state index contributed by atoms with van der Waals surface area (Å²) in [6.07, 6.45) is 0.856. The minimum absolute atomic E-state index is 0.0789.